The smallest absolute Gasteiger partial charge is 0.244 e. The fourth-order valence-corrected chi connectivity index (χ4v) is 1.74. The minimum atomic E-state index is 0.158. The number of methoxy groups -OCH3 is 1. The number of nitrogens with zero attached hydrogens (tertiary/aromatic N) is 3. The predicted octanol–water partition coefficient (Wildman–Crippen LogP) is 2.46. The van der Waals surface area contributed by atoms with Crippen LogP contribution in [0.5, 0.6) is 5.75 Å². The van der Waals surface area contributed by atoms with E-state index in [1.165, 1.54) is 0 Å². The Kier molecular flexibility index (Phi) is 5.91. The Hall–Kier alpha value is -2.41. The van der Waals surface area contributed by atoms with E-state index in [0.29, 0.717) is 24.9 Å². The van der Waals surface area contributed by atoms with E-state index in [-0.39, 0.29) is 6.10 Å². The van der Waals surface area contributed by atoms with E-state index in [0.717, 1.165) is 11.4 Å². The molecule has 22 heavy (non-hydrogen) atoms. The Morgan fingerprint density at radius 2 is 1.95 bits per heavy atom. The van der Waals surface area contributed by atoms with Crippen molar-refractivity contribution in [2.45, 2.75) is 20.0 Å². The fraction of sp³-hybridized carbons (Fsp3) is 0.400. The summed E-state index contributed by atoms with van der Waals surface area (Å²) in [4.78, 5) is 4.33. The van der Waals surface area contributed by atoms with Gasteiger partial charge in [-0.05, 0) is 38.1 Å². The van der Waals surface area contributed by atoms with Gasteiger partial charge < -0.3 is 20.1 Å². The molecule has 0 aliphatic carbocycles. The van der Waals surface area contributed by atoms with Crippen LogP contribution in [0.25, 0.3) is 0 Å². The van der Waals surface area contributed by atoms with Gasteiger partial charge >= 0.3 is 0 Å². The zero-order valence-corrected chi connectivity index (χ0v) is 13.0. The van der Waals surface area contributed by atoms with Crippen LogP contribution in [0.2, 0.25) is 0 Å². The van der Waals surface area contributed by atoms with Gasteiger partial charge in [0, 0.05) is 19.3 Å². The average molecular weight is 303 g/mol. The summed E-state index contributed by atoms with van der Waals surface area (Å²) in [6.07, 6.45) is 1.73. The monoisotopic (exact) mass is 303 g/mol. The zero-order chi connectivity index (χ0) is 15.8. The maximum absolute atomic E-state index is 5.61. The van der Waals surface area contributed by atoms with E-state index < -0.39 is 0 Å². The van der Waals surface area contributed by atoms with Crippen LogP contribution in [-0.4, -0.2) is 41.5 Å². The van der Waals surface area contributed by atoms with E-state index in [1.807, 2.05) is 38.1 Å². The maximum Gasteiger partial charge on any atom is 0.244 e. The lowest BCUT2D eigenvalue weighted by molar-refractivity contribution is 0.210. The molecular weight excluding hydrogens is 282 g/mol. The molecular formula is C15H21N5O2. The van der Waals surface area contributed by atoms with Gasteiger partial charge in [0.2, 0.25) is 5.95 Å². The van der Waals surface area contributed by atoms with Gasteiger partial charge in [-0.25, -0.2) is 0 Å². The number of rotatable bonds is 8. The van der Waals surface area contributed by atoms with Crippen molar-refractivity contribution in [2.24, 2.45) is 0 Å². The molecule has 0 spiro atoms. The molecule has 2 rings (SSSR count). The van der Waals surface area contributed by atoms with Crippen molar-refractivity contribution in [1.29, 1.82) is 0 Å². The Balaban J connectivity index is 1.96. The molecule has 7 heteroatoms. The molecule has 0 amide bonds. The largest absolute Gasteiger partial charge is 0.491 e. The second kappa shape index (κ2) is 8.14. The van der Waals surface area contributed by atoms with Crippen LogP contribution in [0.4, 0.5) is 17.5 Å². The maximum atomic E-state index is 5.61. The quantitative estimate of drug-likeness (QED) is 0.725. The van der Waals surface area contributed by atoms with Crippen molar-refractivity contribution in [1.82, 2.24) is 15.2 Å². The molecule has 0 aliphatic rings. The summed E-state index contributed by atoms with van der Waals surface area (Å²) in [6.45, 7) is 5.20. The number of aromatic nitrogens is 3. The third kappa shape index (κ3) is 5.17. The summed E-state index contributed by atoms with van der Waals surface area (Å²) in [5.41, 5.74) is 0.902. The van der Waals surface area contributed by atoms with Crippen LogP contribution in [0.15, 0.2) is 30.5 Å². The highest BCUT2D eigenvalue weighted by Crippen LogP contribution is 2.19. The van der Waals surface area contributed by atoms with Crippen molar-refractivity contribution in [3.8, 4) is 5.75 Å². The van der Waals surface area contributed by atoms with Gasteiger partial charge in [-0.15, -0.1) is 5.10 Å². The molecule has 1 aromatic carbocycles. The fourth-order valence-electron chi connectivity index (χ4n) is 1.74. The molecule has 0 saturated carbocycles. The number of hydrogen-bond donors (Lipinski definition) is 2. The minimum absolute atomic E-state index is 0.158. The standard InChI is InChI=1S/C15H21N5O2/c1-11(2)22-13-6-4-12(5-7-13)18-14-10-17-20-15(19-14)16-8-9-21-3/h4-7,10-11H,8-9H2,1-3H3,(H2,16,18,19,20). The van der Waals surface area contributed by atoms with Crippen molar-refractivity contribution in [2.75, 3.05) is 30.9 Å². The lowest BCUT2D eigenvalue weighted by atomic mass is 10.3. The summed E-state index contributed by atoms with van der Waals surface area (Å²) in [5.74, 6) is 1.91. The molecule has 0 radical (unpaired) electrons. The van der Waals surface area contributed by atoms with Gasteiger partial charge in [0.05, 0.1) is 18.9 Å². The van der Waals surface area contributed by atoms with Gasteiger partial charge in [-0.2, -0.15) is 10.1 Å². The third-order valence-electron chi connectivity index (χ3n) is 2.65. The Bertz CT molecular complexity index is 574. The minimum Gasteiger partial charge on any atom is -0.491 e. The number of benzene rings is 1. The molecule has 0 unspecified atom stereocenters. The summed E-state index contributed by atoms with van der Waals surface area (Å²) in [7, 11) is 1.64. The first-order chi connectivity index (χ1) is 10.7. The lowest BCUT2D eigenvalue weighted by Gasteiger charge is -2.11. The van der Waals surface area contributed by atoms with Crippen molar-refractivity contribution < 1.29 is 9.47 Å². The highest BCUT2D eigenvalue weighted by atomic mass is 16.5. The molecule has 2 N–H and O–H groups in total. The van der Waals surface area contributed by atoms with Gasteiger partial charge in [-0.3, -0.25) is 0 Å². The van der Waals surface area contributed by atoms with E-state index in [4.69, 9.17) is 9.47 Å². The Morgan fingerprint density at radius 1 is 1.18 bits per heavy atom. The van der Waals surface area contributed by atoms with E-state index in [1.54, 1.807) is 13.3 Å². The predicted molar refractivity (Wildman–Crippen MR) is 85.7 cm³/mol. The van der Waals surface area contributed by atoms with Crippen molar-refractivity contribution in [3.05, 3.63) is 30.5 Å². The summed E-state index contributed by atoms with van der Waals surface area (Å²) in [6, 6.07) is 7.68. The van der Waals surface area contributed by atoms with Crippen LogP contribution in [-0.2, 0) is 4.74 Å². The first kappa shape index (κ1) is 16.0. The summed E-state index contributed by atoms with van der Waals surface area (Å²) < 4.78 is 10.6. The summed E-state index contributed by atoms with van der Waals surface area (Å²) >= 11 is 0. The third-order valence-corrected chi connectivity index (χ3v) is 2.65. The molecule has 118 valence electrons. The number of ether oxygens (including phenoxy) is 2. The number of nitrogens with one attached hydrogen (secondary N) is 2. The molecule has 0 fully saturated rings. The molecule has 0 saturated heterocycles. The van der Waals surface area contributed by atoms with Crippen LogP contribution < -0.4 is 15.4 Å². The van der Waals surface area contributed by atoms with Gasteiger partial charge in [-0.1, -0.05) is 0 Å². The second-order valence-electron chi connectivity index (χ2n) is 4.90. The van der Waals surface area contributed by atoms with Gasteiger partial charge in [0.15, 0.2) is 5.82 Å². The number of hydrogen-bond acceptors (Lipinski definition) is 7. The second-order valence-corrected chi connectivity index (χ2v) is 4.90. The first-order valence-electron chi connectivity index (χ1n) is 7.13. The van der Waals surface area contributed by atoms with Crippen LogP contribution >= 0.6 is 0 Å². The molecule has 1 heterocycles. The van der Waals surface area contributed by atoms with Gasteiger partial charge in [0.1, 0.15) is 5.75 Å². The Labute approximate surface area is 130 Å². The molecule has 0 atom stereocenters. The average Bonchev–Trinajstić information content (AvgIpc) is 2.49. The Morgan fingerprint density at radius 3 is 2.64 bits per heavy atom. The zero-order valence-electron chi connectivity index (χ0n) is 13.0. The van der Waals surface area contributed by atoms with Crippen LogP contribution in [0, 0.1) is 0 Å². The lowest BCUT2D eigenvalue weighted by Crippen LogP contribution is -2.11. The van der Waals surface area contributed by atoms with E-state index in [2.05, 4.69) is 25.8 Å². The summed E-state index contributed by atoms with van der Waals surface area (Å²) in [5, 5.41) is 14.0. The van der Waals surface area contributed by atoms with Crippen molar-refractivity contribution >= 4 is 17.5 Å². The SMILES string of the molecule is COCCNc1nncc(Nc2ccc(OC(C)C)cc2)n1. The van der Waals surface area contributed by atoms with Gasteiger partial charge in [0.25, 0.3) is 0 Å². The molecule has 7 nitrogen and oxygen atoms in total. The normalized spacial score (nSPS) is 10.5. The van der Waals surface area contributed by atoms with Crippen LogP contribution in [0.3, 0.4) is 0 Å². The van der Waals surface area contributed by atoms with E-state index in [9.17, 15) is 0 Å². The highest BCUT2D eigenvalue weighted by molar-refractivity contribution is 5.57. The molecule has 2 aromatic rings. The van der Waals surface area contributed by atoms with Crippen molar-refractivity contribution in [3.63, 3.8) is 0 Å². The molecule has 0 bridgehead atoms. The first-order valence-corrected chi connectivity index (χ1v) is 7.13. The molecule has 1 aromatic heterocycles. The topological polar surface area (TPSA) is 81.2 Å². The number of anilines is 3. The highest BCUT2D eigenvalue weighted by Gasteiger charge is 2.02. The molecule has 0 aliphatic heterocycles. The van der Waals surface area contributed by atoms with E-state index >= 15 is 0 Å². The van der Waals surface area contributed by atoms with Crippen LogP contribution in [0.1, 0.15) is 13.8 Å².